The largest absolute Gasteiger partial charge is 0.387 e. The quantitative estimate of drug-likeness (QED) is 0.589. The van der Waals surface area contributed by atoms with Crippen LogP contribution in [0.15, 0.2) is 30.5 Å². The van der Waals surface area contributed by atoms with Gasteiger partial charge in [-0.3, -0.25) is 0 Å². The van der Waals surface area contributed by atoms with E-state index in [0.717, 1.165) is 55.1 Å². The molecule has 2 aromatic rings. The number of aromatic nitrogens is 1. The average Bonchev–Trinajstić information content (AvgIpc) is 3.00. The number of aliphatic hydroxyl groups is 1. The lowest BCUT2D eigenvalue weighted by atomic mass is 9.64. The Kier molecular flexibility index (Phi) is 3.39. The summed E-state index contributed by atoms with van der Waals surface area (Å²) in [5.41, 5.74) is 1.50. The lowest BCUT2D eigenvalue weighted by Crippen LogP contribution is -2.62. The summed E-state index contributed by atoms with van der Waals surface area (Å²) in [6, 6.07) is 8.32. The van der Waals surface area contributed by atoms with Crippen LogP contribution in [0.25, 0.3) is 10.9 Å². The minimum atomic E-state index is -0.613. The van der Waals surface area contributed by atoms with E-state index in [9.17, 15) is 5.11 Å². The molecule has 4 N–H and O–H groups in total. The Hall–Kier alpha value is -1.52. The van der Waals surface area contributed by atoms with Gasteiger partial charge in [0.25, 0.3) is 0 Å². The molecule has 3 atom stereocenters. The van der Waals surface area contributed by atoms with Gasteiger partial charge in [-0.25, -0.2) is 5.84 Å². The van der Waals surface area contributed by atoms with Crippen molar-refractivity contribution in [3.63, 3.8) is 0 Å². The van der Waals surface area contributed by atoms with Crippen molar-refractivity contribution in [3.8, 4) is 0 Å². The first-order valence-electron chi connectivity index (χ1n) is 8.52. The number of H-pyrrole nitrogens is 1. The van der Waals surface area contributed by atoms with E-state index in [4.69, 9.17) is 5.84 Å². The van der Waals surface area contributed by atoms with Crippen LogP contribution in [0.3, 0.4) is 0 Å². The van der Waals surface area contributed by atoms with E-state index < -0.39 is 5.60 Å². The van der Waals surface area contributed by atoms with Crippen molar-refractivity contribution < 1.29 is 5.11 Å². The van der Waals surface area contributed by atoms with Crippen LogP contribution in [0.5, 0.6) is 0 Å². The fourth-order valence-electron chi connectivity index (χ4n) is 4.65. The molecule has 2 fully saturated rings. The first-order chi connectivity index (χ1) is 10.7. The molecule has 1 aromatic heterocycles. The summed E-state index contributed by atoms with van der Waals surface area (Å²) in [6.07, 6.45) is 9.65. The van der Waals surface area contributed by atoms with Crippen LogP contribution in [0.2, 0.25) is 0 Å². The van der Waals surface area contributed by atoms with Crippen molar-refractivity contribution in [1.29, 1.82) is 0 Å². The second kappa shape index (κ2) is 5.28. The van der Waals surface area contributed by atoms with Crippen LogP contribution in [0, 0.1) is 5.92 Å². The number of nitrogens with one attached hydrogen (secondary N) is 1. The summed E-state index contributed by atoms with van der Waals surface area (Å²) in [5, 5.41) is 14.3. The van der Waals surface area contributed by atoms with Crippen LogP contribution >= 0.6 is 0 Å². The molecular weight excluding hydrogens is 274 g/mol. The Morgan fingerprint density at radius 3 is 2.91 bits per heavy atom. The smallest absolute Gasteiger partial charge is 0.0893 e. The molecule has 1 aromatic carbocycles. The number of hydrazine groups is 1. The first kappa shape index (κ1) is 14.1. The molecule has 4 nitrogen and oxygen atoms in total. The Labute approximate surface area is 131 Å². The number of nitrogens with two attached hydrogens (primary N) is 1. The zero-order valence-electron chi connectivity index (χ0n) is 13.0. The molecular formula is C18H25N3O. The highest BCUT2D eigenvalue weighted by Crippen LogP contribution is 2.46. The number of anilines is 1. The molecule has 2 aliphatic rings. The van der Waals surface area contributed by atoms with Crippen LogP contribution in [-0.2, 0) is 0 Å². The van der Waals surface area contributed by atoms with Crippen LogP contribution in [-0.4, -0.2) is 21.7 Å². The van der Waals surface area contributed by atoms with E-state index in [1.54, 1.807) is 0 Å². The highest BCUT2D eigenvalue weighted by Gasteiger charge is 2.49. The molecule has 22 heavy (non-hydrogen) atoms. The molecule has 1 heterocycles. The molecule has 0 bridgehead atoms. The molecule has 0 aliphatic heterocycles. The maximum Gasteiger partial charge on any atom is 0.0893 e. The van der Waals surface area contributed by atoms with Gasteiger partial charge >= 0.3 is 0 Å². The third kappa shape index (κ3) is 2.13. The number of aromatic amines is 1. The SMILES string of the molecule is NN(c1ccc2[nH]ccc2c1)C1CCC[C@H]2CCCC[C@]12O. The molecule has 0 radical (unpaired) electrons. The fraction of sp³-hybridized carbons (Fsp3) is 0.556. The van der Waals surface area contributed by atoms with Gasteiger partial charge in [-0.2, -0.15) is 0 Å². The molecule has 2 saturated carbocycles. The Balaban J connectivity index is 1.66. The third-order valence-electron chi connectivity index (χ3n) is 5.86. The lowest BCUT2D eigenvalue weighted by molar-refractivity contribution is -0.0908. The zero-order chi connectivity index (χ0) is 15.2. The van der Waals surface area contributed by atoms with Crippen LogP contribution in [0.4, 0.5) is 5.69 Å². The highest BCUT2D eigenvalue weighted by atomic mass is 16.3. The summed E-state index contributed by atoms with van der Waals surface area (Å²) < 4.78 is 0. The first-order valence-corrected chi connectivity index (χ1v) is 8.52. The van der Waals surface area contributed by atoms with E-state index in [2.05, 4.69) is 29.2 Å². The number of nitrogens with zero attached hydrogens (tertiary/aromatic N) is 1. The predicted octanol–water partition coefficient (Wildman–Crippen LogP) is 3.32. The van der Waals surface area contributed by atoms with Gasteiger partial charge < -0.3 is 15.1 Å². The Morgan fingerprint density at radius 2 is 2.00 bits per heavy atom. The Bertz CT molecular complexity index is 665. The van der Waals surface area contributed by atoms with Gasteiger partial charge in [-0.05, 0) is 55.9 Å². The minimum Gasteiger partial charge on any atom is -0.387 e. The molecule has 0 spiro atoms. The van der Waals surface area contributed by atoms with E-state index in [1.807, 2.05) is 11.2 Å². The van der Waals surface area contributed by atoms with Gasteiger partial charge in [0.2, 0.25) is 0 Å². The zero-order valence-corrected chi connectivity index (χ0v) is 13.0. The third-order valence-corrected chi connectivity index (χ3v) is 5.86. The predicted molar refractivity (Wildman–Crippen MR) is 89.5 cm³/mol. The Morgan fingerprint density at radius 1 is 1.14 bits per heavy atom. The van der Waals surface area contributed by atoms with Crippen LogP contribution in [0.1, 0.15) is 44.9 Å². The average molecular weight is 299 g/mol. The maximum atomic E-state index is 11.3. The molecule has 4 heteroatoms. The summed E-state index contributed by atoms with van der Waals surface area (Å²) in [4.78, 5) is 3.21. The second-order valence-electron chi connectivity index (χ2n) is 7.04. The van der Waals surface area contributed by atoms with E-state index in [1.165, 1.54) is 6.42 Å². The molecule has 2 aliphatic carbocycles. The van der Waals surface area contributed by atoms with Gasteiger partial charge in [0.15, 0.2) is 0 Å². The monoisotopic (exact) mass is 299 g/mol. The summed E-state index contributed by atoms with van der Waals surface area (Å²) in [7, 11) is 0. The van der Waals surface area contributed by atoms with Crippen molar-refractivity contribution in [2.24, 2.45) is 11.8 Å². The molecule has 1 unspecified atom stereocenters. The summed E-state index contributed by atoms with van der Waals surface area (Å²) in [5.74, 6) is 6.90. The number of fused-ring (bicyclic) bond motifs is 2. The van der Waals surface area contributed by atoms with Gasteiger partial charge in [0, 0.05) is 17.1 Å². The van der Waals surface area contributed by atoms with E-state index in [-0.39, 0.29) is 6.04 Å². The summed E-state index contributed by atoms with van der Waals surface area (Å²) >= 11 is 0. The minimum absolute atomic E-state index is 0.0305. The fourth-order valence-corrected chi connectivity index (χ4v) is 4.65. The van der Waals surface area contributed by atoms with Crippen molar-refractivity contribution in [3.05, 3.63) is 30.5 Å². The van der Waals surface area contributed by atoms with Crippen LogP contribution < -0.4 is 10.9 Å². The number of benzene rings is 1. The van der Waals surface area contributed by atoms with Gasteiger partial charge in [-0.15, -0.1) is 0 Å². The molecule has 118 valence electrons. The molecule has 0 saturated heterocycles. The molecule has 0 amide bonds. The summed E-state index contributed by atoms with van der Waals surface area (Å²) in [6.45, 7) is 0. The van der Waals surface area contributed by atoms with E-state index in [0.29, 0.717) is 5.92 Å². The molecule has 4 rings (SSSR count). The van der Waals surface area contributed by atoms with Gasteiger partial charge in [0.1, 0.15) is 0 Å². The lowest BCUT2D eigenvalue weighted by Gasteiger charge is -2.51. The van der Waals surface area contributed by atoms with Gasteiger partial charge in [-0.1, -0.05) is 19.3 Å². The highest BCUT2D eigenvalue weighted by molar-refractivity contribution is 5.83. The normalized spacial score (nSPS) is 31.9. The standard InChI is InChI=1S/C18H25N3O/c19-21(15-7-8-16-13(12-15)9-11-20-16)17-6-3-5-14-4-1-2-10-18(14,17)22/h7-9,11-12,14,17,20,22H,1-6,10,19H2/t14-,17?,18-/m1/s1. The van der Waals surface area contributed by atoms with Gasteiger partial charge in [0.05, 0.1) is 17.3 Å². The number of hydrogen-bond donors (Lipinski definition) is 3. The maximum absolute atomic E-state index is 11.3. The van der Waals surface area contributed by atoms with Crippen molar-refractivity contribution in [2.45, 2.75) is 56.6 Å². The topological polar surface area (TPSA) is 65.3 Å². The van der Waals surface area contributed by atoms with Crippen molar-refractivity contribution >= 4 is 16.6 Å². The second-order valence-corrected chi connectivity index (χ2v) is 7.04. The van der Waals surface area contributed by atoms with Crippen molar-refractivity contribution in [1.82, 2.24) is 4.98 Å². The number of hydrogen-bond acceptors (Lipinski definition) is 3. The van der Waals surface area contributed by atoms with Crippen molar-refractivity contribution in [2.75, 3.05) is 5.01 Å². The van der Waals surface area contributed by atoms with E-state index >= 15 is 0 Å². The number of rotatable bonds is 2.